The van der Waals surface area contributed by atoms with E-state index in [-0.39, 0.29) is 6.42 Å². The highest BCUT2D eigenvalue weighted by atomic mass is 16.4. The molecular weight excluding hydrogens is 218 g/mol. The fourth-order valence-corrected chi connectivity index (χ4v) is 1.65. The normalized spacial score (nSPS) is 12.8. The summed E-state index contributed by atoms with van der Waals surface area (Å²) in [5.41, 5.74) is 0. The van der Waals surface area contributed by atoms with E-state index in [1.54, 1.807) is 6.20 Å². The highest BCUT2D eigenvalue weighted by molar-refractivity contribution is 5.66. The van der Waals surface area contributed by atoms with Crippen LogP contribution in [0, 0.1) is 0 Å². The van der Waals surface area contributed by atoms with Gasteiger partial charge < -0.3 is 10.2 Å². The fraction of sp³-hybridized carbons (Fsp3) is 0.769. The molecule has 0 aliphatic carbocycles. The lowest BCUT2D eigenvalue weighted by molar-refractivity contribution is -0.839. The van der Waals surface area contributed by atoms with Gasteiger partial charge in [0.15, 0.2) is 0 Å². The number of hydrogen-bond donors (Lipinski definition) is 2. The van der Waals surface area contributed by atoms with Crippen LogP contribution in [0.15, 0.2) is 12.0 Å². The Labute approximate surface area is 104 Å². The Morgan fingerprint density at radius 2 is 1.76 bits per heavy atom. The third-order valence-corrected chi connectivity index (χ3v) is 2.69. The molecule has 0 unspecified atom stereocenters. The molecule has 4 heteroatoms. The number of aliphatic carboxylic acids is 1. The lowest BCUT2D eigenvalue weighted by atomic mass is 10.1. The molecule has 0 aromatic heterocycles. The molecular formula is C13H26NO3+. The van der Waals surface area contributed by atoms with Gasteiger partial charge in [0, 0.05) is 6.42 Å². The summed E-state index contributed by atoms with van der Waals surface area (Å²) in [6, 6.07) is 0. The predicted molar refractivity (Wildman–Crippen MR) is 68.7 cm³/mol. The average Bonchev–Trinajstić information content (AvgIpc) is 2.21. The van der Waals surface area contributed by atoms with E-state index in [2.05, 4.69) is 6.92 Å². The van der Waals surface area contributed by atoms with Crippen molar-refractivity contribution in [3.63, 3.8) is 0 Å². The van der Waals surface area contributed by atoms with Crippen LogP contribution in [-0.2, 0) is 4.79 Å². The maximum atomic E-state index is 10.5. The first kappa shape index (κ1) is 16.0. The molecule has 0 heterocycles. The molecule has 100 valence electrons. The second-order valence-electron chi connectivity index (χ2n) is 5.08. The molecule has 2 N–H and O–H groups in total. The van der Waals surface area contributed by atoms with Crippen LogP contribution < -0.4 is 0 Å². The third-order valence-electron chi connectivity index (χ3n) is 2.69. The molecule has 0 aromatic carbocycles. The second-order valence-corrected chi connectivity index (χ2v) is 5.08. The summed E-state index contributed by atoms with van der Waals surface area (Å²) < 4.78 is 0.409. The number of aliphatic hydroxyl groups is 1. The van der Waals surface area contributed by atoms with Crippen LogP contribution in [0.25, 0.3) is 0 Å². The molecule has 0 radical (unpaired) electrons. The summed E-state index contributed by atoms with van der Waals surface area (Å²) in [4.78, 5) is 10.5. The zero-order valence-electron chi connectivity index (χ0n) is 11.3. The largest absolute Gasteiger partial charge is 0.507 e. The SMILES string of the molecule is CCCCCC/C(O)=C/[N+](C)(C)CCC(=O)O. The van der Waals surface area contributed by atoms with Gasteiger partial charge in [-0.25, -0.2) is 0 Å². The number of nitrogens with zero attached hydrogens (tertiary/aromatic N) is 1. The zero-order chi connectivity index (χ0) is 13.3. The van der Waals surface area contributed by atoms with Crippen LogP contribution in [0.4, 0.5) is 0 Å². The summed E-state index contributed by atoms with van der Waals surface area (Å²) in [7, 11) is 3.79. The molecule has 0 rings (SSSR count). The van der Waals surface area contributed by atoms with E-state index in [0.29, 0.717) is 23.2 Å². The number of carboxylic acids is 1. The Morgan fingerprint density at radius 3 is 2.29 bits per heavy atom. The van der Waals surface area contributed by atoms with Gasteiger partial charge in [0.1, 0.15) is 12.0 Å². The van der Waals surface area contributed by atoms with Crippen LogP contribution in [0.2, 0.25) is 0 Å². The molecule has 0 amide bonds. The minimum Gasteiger partial charge on any atom is -0.507 e. The number of quaternary nitrogens is 1. The maximum absolute atomic E-state index is 10.5. The molecule has 17 heavy (non-hydrogen) atoms. The Morgan fingerprint density at radius 1 is 1.12 bits per heavy atom. The second kappa shape index (κ2) is 8.12. The van der Waals surface area contributed by atoms with Crippen LogP contribution in [-0.4, -0.2) is 41.3 Å². The van der Waals surface area contributed by atoms with Gasteiger partial charge in [-0.2, -0.15) is 0 Å². The maximum Gasteiger partial charge on any atom is 0.309 e. The van der Waals surface area contributed by atoms with Crippen molar-refractivity contribution >= 4 is 5.97 Å². The van der Waals surface area contributed by atoms with Gasteiger partial charge in [0.2, 0.25) is 0 Å². The van der Waals surface area contributed by atoms with Crippen LogP contribution in [0.1, 0.15) is 45.4 Å². The first-order chi connectivity index (χ1) is 7.87. The smallest absolute Gasteiger partial charge is 0.309 e. The molecule has 0 fully saturated rings. The highest BCUT2D eigenvalue weighted by Crippen LogP contribution is 2.11. The molecule has 0 atom stereocenters. The summed E-state index contributed by atoms with van der Waals surface area (Å²) in [6.07, 6.45) is 7.07. The van der Waals surface area contributed by atoms with Crippen molar-refractivity contribution in [3.05, 3.63) is 12.0 Å². The lowest BCUT2D eigenvalue weighted by Gasteiger charge is -2.24. The van der Waals surface area contributed by atoms with Crippen molar-refractivity contribution in [2.45, 2.75) is 45.4 Å². The number of allylic oxidation sites excluding steroid dienone is 1. The van der Waals surface area contributed by atoms with Crippen LogP contribution in [0.3, 0.4) is 0 Å². The third kappa shape index (κ3) is 9.87. The van der Waals surface area contributed by atoms with E-state index in [1.807, 2.05) is 14.1 Å². The fourth-order valence-electron chi connectivity index (χ4n) is 1.65. The van der Waals surface area contributed by atoms with E-state index >= 15 is 0 Å². The number of aliphatic hydroxyl groups excluding tert-OH is 1. The Balaban J connectivity index is 4.01. The van der Waals surface area contributed by atoms with Crippen molar-refractivity contribution in [1.82, 2.24) is 0 Å². The average molecular weight is 244 g/mol. The molecule has 4 nitrogen and oxygen atoms in total. The van der Waals surface area contributed by atoms with E-state index in [9.17, 15) is 9.90 Å². The first-order valence-corrected chi connectivity index (χ1v) is 6.32. The molecule has 0 saturated carbocycles. The van der Waals surface area contributed by atoms with Crippen molar-refractivity contribution < 1.29 is 19.5 Å². The highest BCUT2D eigenvalue weighted by Gasteiger charge is 2.15. The molecule has 0 bridgehead atoms. The predicted octanol–water partition coefficient (Wildman–Crippen LogP) is 2.91. The Kier molecular flexibility index (Phi) is 7.63. The summed E-state index contributed by atoms with van der Waals surface area (Å²) in [5.74, 6) is -0.427. The minimum atomic E-state index is -0.799. The summed E-state index contributed by atoms with van der Waals surface area (Å²) in [6.45, 7) is 2.65. The van der Waals surface area contributed by atoms with Crippen LogP contribution >= 0.6 is 0 Å². The lowest BCUT2D eigenvalue weighted by Crippen LogP contribution is -2.35. The van der Waals surface area contributed by atoms with Crippen molar-refractivity contribution in [1.29, 1.82) is 0 Å². The molecule has 0 saturated heterocycles. The topological polar surface area (TPSA) is 57.5 Å². The first-order valence-electron chi connectivity index (χ1n) is 6.32. The number of hydrogen-bond acceptors (Lipinski definition) is 2. The molecule has 0 aliphatic heterocycles. The van der Waals surface area contributed by atoms with E-state index < -0.39 is 5.97 Å². The van der Waals surface area contributed by atoms with Gasteiger partial charge in [0.05, 0.1) is 27.1 Å². The van der Waals surface area contributed by atoms with E-state index in [1.165, 1.54) is 12.8 Å². The van der Waals surface area contributed by atoms with Crippen molar-refractivity contribution in [2.75, 3.05) is 20.6 Å². The summed E-state index contributed by atoms with van der Waals surface area (Å²) >= 11 is 0. The van der Waals surface area contributed by atoms with Gasteiger partial charge in [-0.1, -0.05) is 26.2 Å². The van der Waals surface area contributed by atoms with Gasteiger partial charge >= 0.3 is 5.97 Å². The van der Waals surface area contributed by atoms with E-state index in [4.69, 9.17) is 5.11 Å². The van der Waals surface area contributed by atoms with Crippen LogP contribution in [0.5, 0.6) is 0 Å². The van der Waals surface area contributed by atoms with Gasteiger partial charge in [-0.3, -0.25) is 9.28 Å². The standard InChI is InChI=1S/C13H25NO3/c1-4-5-6-7-8-12(15)11-14(2,3)10-9-13(16)17/h11H,4-10H2,1-3H3,(H-,15,16,17)/p+1/b12-11-. The monoisotopic (exact) mass is 244 g/mol. The van der Waals surface area contributed by atoms with Gasteiger partial charge in [-0.05, 0) is 6.42 Å². The molecule has 0 aromatic rings. The van der Waals surface area contributed by atoms with E-state index in [0.717, 1.165) is 12.8 Å². The number of carboxylic acid groups (broad SMARTS) is 1. The van der Waals surface area contributed by atoms with Crippen molar-refractivity contribution in [2.24, 2.45) is 0 Å². The van der Waals surface area contributed by atoms with Crippen molar-refractivity contribution in [3.8, 4) is 0 Å². The Hall–Kier alpha value is -1.03. The van der Waals surface area contributed by atoms with Gasteiger partial charge in [0.25, 0.3) is 0 Å². The number of unbranched alkanes of at least 4 members (excludes halogenated alkanes) is 3. The number of carbonyl (C=O) groups is 1. The summed E-state index contributed by atoms with van der Waals surface area (Å²) in [5, 5.41) is 18.4. The number of rotatable bonds is 9. The Bertz CT molecular complexity index is 259. The zero-order valence-corrected chi connectivity index (χ0v) is 11.3. The quantitative estimate of drug-likeness (QED) is 0.372. The molecule has 0 aliphatic rings. The molecule has 0 spiro atoms. The van der Waals surface area contributed by atoms with Gasteiger partial charge in [-0.15, -0.1) is 0 Å². The minimum absolute atomic E-state index is 0.118.